The first-order valence-corrected chi connectivity index (χ1v) is 8.46. The summed E-state index contributed by atoms with van der Waals surface area (Å²) in [5, 5.41) is 3.13. The summed E-state index contributed by atoms with van der Waals surface area (Å²) >= 11 is 0. The normalized spacial score (nSPS) is 26.3. The Morgan fingerprint density at radius 2 is 1.71 bits per heavy atom. The van der Waals surface area contributed by atoms with Crippen LogP contribution in [0.2, 0.25) is 0 Å². The molecule has 0 radical (unpaired) electrons. The lowest BCUT2D eigenvalue weighted by atomic mass is 9.89. The van der Waals surface area contributed by atoms with E-state index in [1.54, 1.807) is 0 Å². The van der Waals surface area contributed by atoms with Crippen molar-refractivity contribution in [1.82, 2.24) is 10.2 Å². The van der Waals surface area contributed by atoms with E-state index in [2.05, 4.69) is 5.32 Å². The number of likely N-dealkylation sites (tertiary alicyclic amines) is 1. The number of carbonyl (C=O) groups excluding carboxylic acids is 2. The molecule has 2 atom stereocenters. The number of hydrogen-bond donors (Lipinski definition) is 1. The molecule has 1 aliphatic heterocycles. The Bertz CT molecular complexity index is 388. The van der Waals surface area contributed by atoms with E-state index in [4.69, 9.17) is 0 Å². The van der Waals surface area contributed by atoms with E-state index in [-0.39, 0.29) is 29.7 Å². The quantitative estimate of drug-likeness (QED) is 0.846. The Labute approximate surface area is 128 Å². The fraction of sp³-hybridized carbons (Fsp3) is 0.882. The first-order valence-electron chi connectivity index (χ1n) is 8.46. The molecule has 2 amide bonds. The molecule has 1 aliphatic carbocycles. The molecule has 1 heterocycles. The van der Waals surface area contributed by atoms with Crippen LogP contribution in [-0.2, 0) is 9.59 Å². The molecule has 1 N–H and O–H groups in total. The Kier molecular flexibility index (Phi) is 5.28. The summed E-state index contributed by atoms with van der Waals surface area (Å²) < 4.78 is 0. The molecular weight excluding hydrogens is 264 g/mol. The minimum absolute atomic E-state index is 0.00283. The van der Waals surface area contributed by atoms with Crippen molar-refractivity contribution < 1.29 is 9.59 Å². The fourth-order valence-electron chi connectivity index (χ4n) is 3.22. The summed E-state index contributed by atoms with van der Waals surface area (Å²) in [5.41, 5.74) is 0. The molecule has 4 heteroatoms. The van der Waals surface area contributed by atoms with Gasteiger partial charge in [0.2, 0.25) is 11.8 Å². The van der Waals surface area contributed by atoms with E-state index in [1.807, 2.05) is 32.6 Å². The second kappa shape index (κ2) is 6.80. The molecule has 4 nitrogen and oxygen atoms in total. The van der Waals surface area contributed by atoms with Crippen LogP contribution in [0, 0.1) is 23.7 Å². The van der Waals surface area contributed by atoms with Gasteiger partial charge in [0.1, 0.15) is 0 Å². The maximum absolute atomic E-state index is 12.3. The summed E-state index contributed by atoms with van der Waals surface area (Å²) in [7, 11) is 0. The summed E-state index contributed by atoms with van der Waals surface area (Å²) in [6, 6.07) is 0.125. The third-order valence-corrected chi connectivity index (χ3v) is 4.58. The van der Waals surface area contributed by atoms with E-state index in [9.17, 15) is 9.59 Å². The summed E-state index contributed by atoms with van der Waals surface area (Å²) in [6.07, 6.45) is 4.93. The molecule has 0 aromatic heterocycles. The third-order valence-electron chi connectivity index (χ3n) is 4.58. The zero-order valence-corrected chi connectivity index (χ0v) is 13.9. The maximum Gasteiger partial charge on any atom is 0.225 e. The largest absolute Gasteiger partial charge is 0.351 e. The average Bonchev–Trinajstić information content (AvgIpc) is 3.21. The zero-order valence-electron chi connectivity index (χ0n) is 13.9. The lowest BCUT2D eigenvalue weighted by Gasteiger charge is -2.39. The molecule has 21 heavy (non-hydrogen) atoms. The van der Waals surface area contributed by atoms with Crippen LogP contribution in [-0.4, -0.2) is 35.8 Å². The number of piperidine rings is 1. The summed E-state index contributed by atoms with van der Waals surface area (Å²) in [5.74, 6) is 1.77. The van der Waals surface area contributed by atoms with Crippen molar-refractivity contribution in [3.05, 3.63) is 0 Å². The predicted octanol–water partition coefficient (Wildman–Crippen LogP) is 2.43. The average molecular weight is 294 g/mol. The maximum atomic E-state index is 12.3. The van der Waals surface area contributed by atoms with Crippen molar-refractivity contribution >= 4 is 11.8 Å². The zero-order chi connectivity index (χ0) is 15.6. The van der Waals surface area contributed by atoms with Crippen molar-refractivity contribution in [3.63, 3.8) is 0 Å². The monoisotopic (exact) mass is 294 g/mol. The van der Waals surface area contributed by atoms with Crippen molar-refractivity contribution in [2.45, 2.75) is 59.4 Å². The molecule has 1 saturated heterocycles. The smallest absolute Gasteiger partial charge is 0.225 e. The van der Waals surface area contributed by atoms with Gasteiger partial charge in [-0.2, -0.15) is 0 Å². The molecule has 2 unspecified atom stereocenters. The molecule has 0 spiro atoms. The van der Waals surface area contributed by atoms with Gasteiger partial charge < -0.3 is 10.2 Å². The van der Waals surface area contributed by atoms with Crippen LogP contribution >= 0.6 is 0 Å². The highest BCUT2D eigenvalue weighted by Crippen LogP contribution is 2.38. The van der Waals surface area contributed by atoms with E-state index in [0.717, 1.165) is 18.9 Å². The van der Waals surface area contributed by atoms with Crippen LogP contribution in [0.15, 0.2) is 0 Å². The fourth-order valence-corrected chi connectivity index (χ4v) is 3.22. The Morgan fingerprint density at radius 1 is 1.05 bits per heavy atom. The van der Waals surface area contributed by atoms with Gasteiger partial charge in [-0.1, -0.05) is 40.5 Å². The van der Waals surface area contributed by atoms with Gasteiger partial charge in [-0.05, 0) is 24.7 Å². The molecule has 2 rings (SSSR count). The van der Waals surface area contributed by atoms with E-state index >= 15 is 0 Å². The standard InChI is InChI=1S/C17H30N2O2/c1-11(2)16(20)18-15-8-14(7-13-5-6-13)9-19(10-15)17(21)12(3)4/h11-15H,5-10H2,1-4H3,(H,18,20). The highest BCUT2D eigenvalue weighted by atomic mass is 16.2. The third kappa shape index (κ3) is 4.72. The molecule has 0 aromatic carbocycles. The van der Waals surface area contributed by atoms with Crippen molar-refractivity contribution in [3.8, 4) is 0 Å². The number of rotatable bonds is 5. The topological polar surface area (TPSA) is 49.4 Å². The lowest BCUT2D eigenvalue weighted by Crippen LogP contribution is -2.54. The first-order chi connectivity index (χ1) is 9.86. The van der Waals surface area contributed by atoms with Gasteiger partial charge in [-0.3, -0.25) is 9.59 Å². The van der Waals surface area contributed by atoms with Crippen LogP contribution < -0.4 is 5.32 Å². The highest BCUT2D eigenvalue weighted by molar-refractivity contribution is 5.79. The van der Waals surface area contributed by atoms with Gasteiger partial charge in [0, 0.05) is 31.0 Å². The molecule has 2 aliphatic rings. The summed E-state index contributed by atoms with van der Waals surface area (Å²) in [6.45, 7) is 9.29. The Morgan fingerprint density at radius 3 is 2.24 bits per heavy atom. The second-order valence-electron chi connectivity index (χ2n) is 7.54. The van der Waals surface area contributed by atoms with Crippen LogP contribution in [0.1, 0.15) is 53.4 Å². The number of nitrogens with zero attached hydrogens (tertiary/aromatic N) is 1. The van der Waals surface area contributed by atoms with Crippen molar-refractivity contribution in [2.24, 2.45) is 23.7 Å². The highest BCUT2D eigenvalue weighted by Gasteiger charge is 2.35. The molecule has 1 saturated carbocycles. The predicted molar refractivity (Wildman–Crippen MR) is 83.6 cm³/mol. The van der Waals surface area contributed by atoms with E-state index in [0.29, 0.717) is 12.5 Å². The van der Waals surface area contributed by atoms with Gasteiger partial charge in [0.05, 0.1) is 0 Å². The number of nitrogens with one attached hydrogen (secondary N) is 1. The molecule has 120 valence electrons. The summed E-state index contributed by atoms with van der Waals surface area (Å²) in [4.78, 5) is 26.3. The molecule has 0 bridgehead atoms. The van der Waals surface area contributed by atoms with Gasteiger partial charge in [0.25, 0.3) is 0 Å². The van der Waals surface area contributed by atoms with Gasteiger partial charge in [-0.15, -0.1) is 0 Å². The van der Waals surface area contributed by atoms with Crippen LogP contribution in [0.25, 0.3) is 0 Å². The molecule has 2 fully saturated rings. The van der Waals surface area contributed by atoms with Crippen LogP contribution in [0.3, 0.4) is 0 Å². The first kappa shape index (κ1) is 16.3. The molecular formula is C17H30N2O2. The van der Waals surface area contributed by atoms with Crippen molar-refractivity contribution in [1.29, 1.82) is 0 Å². The van der Waals surface area contributed by atoms with Gasteiger partial charge >= 0.3 is 0 Å². The van der Waals surface area contributed by atoms with Gasteiger partial charge in [-0.25, -0.2) is 0 Å². The lowest BCUT2D eigenvalue weighted by molar-refractivity contribution is -0.138. The number of carbonyl (C=O) groups is 2. The van der Waals surface area contributed by atoms with Crippen molar-refractivity contribution in [2.75, 3.05) is 13.1 Å². The Balaban J connectivity index is 1.98. The van der Waals surface area contributed by atoms with Crippen LogP contribution in [0.4, 0.5) is 0 Å². The molecule has 0 aromatic rings. The second-order valence-corrected chi connectivity index (χ2v) is 7.54. The number of hydrogen-bond acceptors (Lipinski definition) is 2. The van der Waals surface area contributed by atoms with E-state index < -0.39 is 0 Å². The van der Waals surface area contributed by atoms with Gasteiger partial charge in [0.15, 0.2) is 0 Å². The number of amides is 2. The SMILES string of the molecule is CC(C)C(=O)NC1CC(CC2CC2)CN(C(=O)C(C)C)C1. The minimum atomic E-state index is 0.00283. The van der Waals surface area contributed by atoms with Crippen LogP contribution in [0.5, 0.6) is 0 Å². The van der Waals surface area contributed by atoms with E-state index in [1.165, 1.54) is 19.3 Å². The Hall–Kier alpha value is -1.06. The minimum Gasteiger partial charge on any atom is -0.351 e.